The minimum atomic E-state index is -0.747. The molecule has 8 heteroatoms. The Morgan fingerprint density at radius 3 is 2.33 bits per heavy atom. The summed E-state index contributed by atoms with van der Waals surface area (Å²) < 4.78 is 4.59. The monoisotopic (exact) mass is 371 g/mol. The number of likely N-dealkylation sites (N-methyl/N-ethyl adjacent to an activating group) is 1. The van der Waals surface area contributed by atoms with E-state index >= 15 is 0 Å². The number of nitrogens with zero attached hydrogens (tertiary/aromatic N) is 2. The van der Waals surface area contributed by atoms with E-state index in [-0.39, 0.29) is 22.9 Å². The number of amides is 1. The van der Waals surface area contributed by atoms with Crippen LogP contribution in [0.1, 0.15) is 32.3 Å². The van der Waals surface area contributed by atoms with Gasteiger partial charge in [0.1, 0.15) is 0 Å². The van der Waals surface area contributed by atoms with Crippen LogP contribution in [-0.2, 0) is 4.74 Å². The number of nitro benzene ring substituents is 1. The van der Waals surface area contributed by atoms with Crippen molar-refractivity contribution in [3.05, 3.63) is 75.3 Å². The number of nitrogens with one attached hydrogen (secondary N) is 1. The summed E-state index contributed by atoms with van der Waals surface area (Å²) in [6, 6.07) is 13.1. The molecule has 1 N–H and O–H groups in total. The lowest BCUT2D eigenvalue weighted by atomic mass is 10.1. The van der Waals surface area contributed by atoms with Gasteiger partial charge in [0.15, 0.2) is 0 Å². The lowest BCUT2D eigenvalue weighted by Crippen LogP contribution is -2.34. The average Bonchev–Trinajstić information content (AvgIpc) is 2.67. The summed E-state index contributed by atoms with van der Waals surface area (Å²) >= 11 is 0. The SMILES string of the molecule is COC(=O)c1cc(C(=O)NCC(c2ccccc2)N(C)C)cc([N+](=O)[O-])c1. The third-order valence-corrected chi connectivity index (χ3v) is 4.08. The molecule has 0 fully saturated rings. The topological polar surface area (TPSA) is 102 Å². The van der Waals surface area contributed by atoms with E-state index in [0.29, 0.717) is 6.54 Å². The summed E-state index contributed by atoms with van der Waals surface area (Å²) in [5.74, 6) is -1.25. The van der Waals surface area contributed by atoms with Gasteiger partial charge >= 0.3 is 5.97 Å². The van der Waals surface area contributed by atoms with E-state index in [1.807, 2.05) is 49.3 Å². The second-order valence-corrected chi connectivity index (χ2v) is 6.12. The first-order valence-corrected chi connectivity index (χ1v) is 8.21. The number of esters is 1. The van der Waals surface area contributed by atoms with Crippen molar-refractivity contribution < 1.29 is 19.2 Å². The number of ether oxygens (including phenoxy) is 1. The number of methoxy groups -OCH3 is 1. The molecule has 0 radical (unpaired) electrons. The first kappa shape index (κ1) is 20.1. The molecule has 8 nitrogen and oxygen atoms in total. The molecule has 0 saturated heterocycles. The number of benzene rings is 2. The van der Waals surface area contributed by atoms with E-state index in [9.17, 15) is 19.7 Å². The summed E-state index contributed by atoms with van der Waals surface area (Å²) in [5, 5.41) is 13.9. The molecule has 0 aromatic heterocycles. The highest BCUT2D eigenvalue weighted by atomic mass is 16.6. The Hall–Kier alpha value is -3.26. The Morgan fingerprint density at radius 1 is 1.15 bits per heavy atom. The molecule has 1 atom stereocenters. The maximum Gasteiger partial charge on any atom is 0.338 e. The van der Waals surface area contributed by atoms with E-state index in [4.69, 9.17) is 0 Å². The Balaban J connectivity index is 2.22. The van der Waals surface area contributed by atoms with Crippen molar-refractivity contribution >= 4 is 17.6 Å². The van der Waals surface area contributed by atoms with Crippen molar-refractivity contribution in [2.75, 3.05) is 27.7 Å². The van der Waals surface area contributed by atoms with Gasteiger partial charge in [-0.3, -0.25) is 14.9 Å². The molecule has 0 bridgehead atoms. The summed E-state index contributed by atoms with van der Waals surface area (Å²) in [5.41, 5.74) is 0.645. The summed E-state index contributed by atoms with van der Waals surface area (Å²) in [6.07, 6.45) is 0. The molecule has 0 saturated carbocycles. The van der Waals surface area contributed by atoms with E-state index in [1.54, 1.807) is 0 Å². The molecule has 1 unspecified atom stereocenters. The summed E-state index contributed by atoms with van der Waals surface area (Å²) in [7, 11) is 4.96. The van der Waals surface area contributed by atoms with Gasteiger partial charge in [-0.25, -0.2) is 4.79 Å². The Kier molecular flexibility index (Phi) is 6.62. The number of carbonyl (C=O) groups is 2. The molecular formula is C19H21N3O5. The van der Waals surface area contributed by atoms with Crippen LogP contribution in [0.2, 0.25) is 0 Å². The molecule has 1 amide bonds. The molecular weight excluding hydrogens is 350 g/mol. The smallest absolute Gasteiger partial charge is 0.338 e. The van der Waals surface area contributed by atoms with Gasteiger partial charge in [0.25, 0.3) is 11.6 Å². The first-order chi connectivity index (χ1) is 12.8. The Morgan fingerprint density at radius 2 is 1.78 bits per heavy atom. The van der Waals surface area contributed by atoms with Crippen molar-refractivity contribution in [3.63, 3.8) is 0 Å². The Bertz CT molecular complexity index is 836. The van der Waals surface area contributed by atoms with Gasteiger partial charge in [0, 0.05) is 24.2 Å². The highest BCUT2D eigenvalue weighted by Gasteiger charge is 2.20. The number of nitro groups is 1. The van der Waals surface area contributed by atoms with Gasteiger partial charge in [-0.05, 0) is 25.7 Å². The average molecular weight is 371 g/mol. The van der Waals surface area contributed by atoms with Crippen LogP contribution in [0.15, 0.2) is 48.5 Å². The number of non-ortho nitro benzene ring substituents is 1. The molecule has 0 aliphatic carbocycles. The van der Waals surface area contributed by atoms with Gasteiger partial charge in [-0.15, -0.1) is 0 Å². The van der Waals surface area contributed by atoms with Crippen LogP contribution in [0, 0.1) is 10.1 Å². The third kappa shape index (κ3) is 5.11. The van der Waals surface area contributed by atoms with Gasteiger partial charge < -0.3 is 15.0 Å². The zero-order valence-corrected chi connectivity index (χ0v) is 15.3. The van der Waals surface area contributed by atoms with Crippen LogP contribution in [-0.4, -0.2) is 49.4 Å². The second-order valence-electron chi connectivity index (χ2n) is 6.12. The fourth-order valence-corrected chi connectivity index (χ4v) is 2.65. The normalized spacial score (nSPS) is 11.7. The predicted octanol–water partition coefficient (Wildman–Crippen LogP) is 2.41. The van der Waals surface area contributed by atoms with Crippen LogP contribution in [0.25, 0.3) is 0 Å². The standard InChI is InChI=1S/C19H21N3O5/c1-21(2)17(13-7-5-4-6-8-13)12-20-18(23)14-9-15(19(24)27-3)11-16(10-14)22(25)26/h4-11,17H,12H2,1-3H3,(H,20,23). The van der Waals surface area contributed by atoms with Crippen LogP contribution >= 0.6 is 0 Å². The molecule has 0 heterocycles. The van der Waals surface area contributed by atoms with Gasteiger partial charge in [-0.1, -0.05) is 30.3 Å². The minimum Gasteiger partial charge on any atom is -0.465 e. The fourth-order valence-electron chi connectivity index (χ4n) is 2.65. The van der Waals surface area contributed by atoms with Crippen molar-refractivity contribution in [2.24, 2.45) is 0 Å². The highest BCUT2D eigenvalue weighted by molar-refractivity contribution is 5.99. The van der Waals surface area contributed by atoms with Crippen molar-refractivity contribution in [1.29, 1.82) is 0 Å². The number of carbonyl (C=O) groups excluding carboxylic acids is 2. The third-order valence-electron chi connectivity index (χ3n) is 4.08. The molecule has 27 heavy (non-hydrogen) atoms. The predicted molar refractivity (Wildman–Crippen MR) is 99.6 cm³/mol. The molecule has 0 spiro atoms. The molecule has 2 aromatic carbocycles. The number of hydrogen-bond donors (Lipinski definition) is 1. The van der Waals surface area contributed by atoms with E-state index < -0.39 is 16.8 Å². The molecule has 2 rings (SSSR count). The van der Waals surface area contributed by atoms with E-state index in [2.05, 4.69) is 10.1 Å². The maximum atomic E-state index is 12.5. The fraction of sp³-hybridized carbons (Fsp3) is 0.263. The molecule has 142 valence electrons. The summed E-state index contributed by atoms with van der Waals surface area (Å²) in [4.78, 5) is 36.7. The molecule has 0 aliphatic rings. The van der Waals surface area contributed by atoms with Crippen molar-refractivity contribution in [1.82, 2.24) is 10.2 Å². The van der Waals surface area contributed by atoms with Gasteiger partial charge in [0.05, 0.1) is 23.6 Å². The molecule has 2 aromatic rings. The lowest BCUT2D eigenvalue weighted by Gasteiger charge is -2.25. The number of hydrogen-bond acceptors (Lipinski definition) is 6. The second kappa shape index (κ2) is 8.91. The van der Waals surface area contributed by atoms with Crippen LogP contribution < -0.4 is 5.32 Å². The summed E-state index contributed by atoms with van der Waals surface area (Å²) in [6.45, 7) is 0.298. The lowest BCUT2D eigenvalue weighted by molar-refractivity contribution is -0.384. The zero-order chi connectivity index (χ0) is 20.0. The minimum absolute atomic E-state index is 0.0233. The Labute approximate surface area is 156 Å². The quantitative estimate of drug-likeness (QED) is 0.456. The largest absolute Gasteiger partial charge is 0.465 e. The first-order valence-electron chi connectivity index (χ1n) is 8.21. The van der Waals surface area contributed by atoms with Gasteiger partial charge in [-0.2, -0.15) is 0 Å². The highest BCUT2D eigenvalue weighted by Crippen LogP contribution is 2.20. The van der Waals surface area contributed by atoms with Crippen molar-refractivity contribution in [2.45, 2.75) is 6.04 Å². The van der Waals surface area contributed by atoms with Crippen LogP contribution in [0.3, 0.4) is 0 Å². The zero-order valence-electron chi connectivity index (χ0n) is 15.3. The van der Waals surface area contributed by atoms with Gasteiger partial charge in [0.2, 0.25) is 0 Å². The molecule has 0 aliphatic heterocycles. The maximum absolute atomic E-state index is 12.5. The number of rotatable bonds is 7. The van der Waals surface area contributed by atoms with Crippen LogP contribution in [0.4, 0.5) is 5.69 Å². The van der Waals surface area contributed by atoms with E-state index in [0.717, 1.165) is 17.7 Å². The van der Waals surface area contributed by atoms with Crippen molar-refractivity contribution in [3.8, 4) is 0 Å². The van der Waals surface area contributed by atoms with E-state index in [1.165, 1.54) is 13.2 Å². The van der Waals surface area contributed by atoms with Crippen LogP contribution in [0.5, 0.6) is 0 Å².